The van der Waals surface area contributed by atoms with Crippen LogP contribution < -0.4 is 5.32 Å². The van der Waals surface area contributed by atoms with Gasteiger partial charge in [0.1, 0.15) is 11.6 Å². The topological polar surface area (TPSA) is 66.4 Å². The number of urea groups is 1. The van der Waals surface area contributed by atoms with Crippen LogP contribution in [0.4, 0.5) is 13.6 Å². The summed E-state index contributed by atoms with van der Waals surface area (Å²) in [5.41, 5.74) is -0.866. The summed E-state index contributed by atoms with van der Waals surface area (Å²) < 4.78 is 34.9. The van der Waals surface area contributed by atoms with Crippen molar-refractivity contribution in [1.29, 1.82) is 0 Å². The van der Waals surface area contributed by atoms with E-state index in [1.807, 2.05) is 30.3 Å². The Hall–Kier alpha value is -3.30. The Bertz CT molecular complexity index is 1100. The molecule has 0 saturated carbocycles. The third-order valence-corrected chi connectivity index (χ3v) is 6.30. The lowest BCUT2D eigenvalue weighted by atomic mass is 9.96. The zero-order valence-electron chi connectivity index (χ0n) is 19.9. The molecule has 2 unspecified atom stereocenters. The highest BCUT2D eigenvalue weighted by molar-refractivity contribution is 5.97. The first-order valence-electron chi connectivity index (χ1n) is 11.7. The molecular formula is C26H30F2N4O3. The monoisotopic (exact) mass is 484 g/mol. The van der Waals surface area contributed by atoms with Crippen LogP contribution in [0.2, 0.25) is 0 Å². The highest BCUT2D eigenvalue weighted by Crippen LogP contribution is 2.41. The zero-order chi connectivity index (χ0) is 24.8. The van der Waals surface area contributed by atoms with Crippen LogP contribution in [0, 0.1) is 11.6 Å². The lowest BCUT2D eigenvalue weighted by molar-refractivity contribution is -0.113. The second-order valence-corrected chi connectivity index (χ2v) is 8.60. The van der Waals surface area contributed by atoms with Crippen LogP contribution in [0.5, 0.6) is 0 Å². The fraction of sp³-hybridized carbons (Fsp3) is 0.385. The summed E-state index contributed by atoms with van der Waals surface area (Å²) in [7, 11) is 2.81. The Labute approximate surface area is 204 Å². The van der Waals surface area contributed by atoms with Crippen LogP contribution in [0.1, 0.15) is 43.2 Å². The number of ether oxygens (including phenoxy) is 1. The van der Waals surface area contributed by atoms with Crippen molar-refractivity contribution in [3.8, 4) is 0 Å². The lowest BCUT2D eigenvalue weighted by Crippen LogP contribution is -2.49. The number of hydrazone groups is 1. The molecule has 0 fully saturated rings. The van der Waals surface area contributed by atoms with Gasteiger partial charge in [0.2, 0.25) is 11.6 Å². The minimum absolute atomic E-state index is 0.159. The molecule has 35 heavy (non-hydrogen) atoms. The lowest BCUT2D eigenvalue weighted by Gasteiger charge is -2.36. The van der Waals surface area contributed by atoms with Crippen molar-refractivity contribution in [2.45, 2.75) is 43.9 Å². The van der Waals surface area contributed by atoms with E-state index in [-0.39, 0.29) is 11.5 Å². The molecule has 2 aromatic carbocycles. The van der Waals surface area contributed by atoms with Gasteiger partial charge in [0.25, 0.3) is 0 Å². The first kappa shape index (κ1) is 24.8. The number of halogens is 2. The second kappa shape index (κ2) is 11.0. The standard InChI is InChI=1S/C26H30F2N4O3/c1-31(34-2)25(33)32-26(19-10-5-3-6-11-19,16-9-17-29-21-12-7-4-8-13-21)35-24(30-32)22-18-20(27)14-15-23(22)28/h3-7,10-11,14-15,18,21,29H,8-9,12-13,16-17H2,1-2H3. The number of carbonyl (C=O) groups excluding carboxylic acids is 1. The maximum absolute atomic E-state index is 14.7. The summed E-state index contributed by atoms with van der Waals surface area (Å²) >= 11 is 0. The van der Waals surface area contributed by atoms with Gasteiger partial charge in [-0.3, -0.25) is 4.84 Å². The minimum Gasteiger partial charge on any atom is -0.443 e. The van der Waals surface area contributed by atoms with Crippen molar-refractivity contribution in [3.05, 3.63) is 83.4 Å². The number of nitrogens with zero attached hydrogens (tertiary/aromatic N) is 3. The van der Waals surface area contributed by atoms with Crippen molar-refractivity contribution in [3.63, 3.8) is 0 Å². The summed E-state index contributed by atoms with van der Waals surface area (Å²) in [6.07, 6.45) is 8.49. The molecule has 2 atom stereocenters. The molecule has 2 amide bonds. The van der Waals surface area contributed by atoms with E-state index < -0.39 is 23.4 Å². The molecule has 1 N–H and O–H groups in total. The Morgan fingerprint density at radius 3 is 2.77 bits per heavy atom. The molecule has 0 saturated heterocycles. The summed E-state index contributed by atoms with van der Waals surface area (Å²) in [6.45, 7) is 0.697. The maximum Gasteiger partial charge on any atom is 0.368 e. The molecule has 1 aliphatic heterocycles. The highest BCUT2D eigenvalue weighted by Gasteiger charge is 2.51. The molecule has 0 spiro atoms. The summed E-state index contributed by atoms with van der Waals surface area (Å²) in [4.78, 5) is 18.4. The molecule has 1 heterocycles. The Morgan fingerprint density at radius 1 is 1.26 bits per heavy atom. The van der Waals surface area contributed by atoms with E-state index in [1.54, 1.807) is 0 Å². The Balaban J connectivity index is 1.67. The second-order valence-electron chi connectivity index (χ2n) is 8.60. The van der Waals surface area contributed by atoms with E-state index in [2.05, 4.69) is 22.6 Å². The van der Waals surface area contributed by atoms with Crippen molar-refractivity contribution in [1.82, 2.24) is 15.4 Å². The summed E-state index contributed by atoms with van der Waals surface area (Å²) in [5, 5.41) is 10.1. The fourth-order valence-corrected chi connectivity index (χ4v) is 4.37. The number of amides is 2. The molecule has 2 aromatic rings. The maximum atomic E-state index is 14.7. The van der Waals surface area contributed by atoms with E-state index in [0.717, 1.165) is 47.5 Å². The fourth-order valence-electron chi connectivity index (χ4n) is 4.37. The number of hydrogen-bond acceptors (Lipinski definition) is 5. The van der Waals surface area contributed by atoms with Crippen LogP contribution in [-0.4, -0.2) is 48.7 Å². The minimum atomic E-state index is -1.37. The number of hydrogen-bond donors (Lipinski definition) is 1. The summed E-state index contributed by atoms with van der Waals surface area (Å²) in [5.74, 6) is -1.51. The molecule has 9 heteroatoms. The van der Waals surface area contributed by atoms with Crippen LogP contribution in [0.3, 0.4) is 0 Å². The molecule has 0 radical (unpaired) electrons. The molecule has 0 aromatic heterocycles. The Kier molecular flexibility index (Phi) is 7.77. The van der Waals surface area contributed by atoms with Gasteiger partial charge in [-0.2, -0.15) is 5.01 Å². The third-order valence-electron chi connectivity index (χ3n) is 6.30. The molecule has 7 nitrogen and oxygen atoms in total. The number of nitrogens with one attached hydrogen (secondary N) is 1. The van der Waals surface area contributed by atoms with Gasteiger partial charge in [0, 0.05) is 25.1 Å². The SMILES string of the molecule is CON(C)C(=O)N1N=C(c2cc(F)ccc2F)OC1(CCCNC1CC=CCC1)c1ccccc1. The van der Waals surface area contributed by atoms with E-state index in [4.69, 9.17) is 9.57 Å². The van der Waals surface area contributed by atoms with Crippen LogP contribution in [0.15, 0.2) is 65.8 Å². The van der Waals surface area contributed by atoms with Gasteiger partial charge in [0.15, 0.2) is 0 Å². The van der Waals surface area contributed by atoms with Gasteiger partial charge in [-0.05, 0) is 50.4 Å². The highest BCUT2D eigenvalue weighted by atomic mass is 19.1. The van der Waals surface area contributed by atoms with Crippen LogP contribution in [-0.2, 0) is 15.3 Å². The Morgan fingerprint density at radius 2 is 2.06 bits per heavy atom. The first-order chi connectivity index (χ1) is 16.9. The van der Waals surface area contributed by atoms with Crippen molar-refractivity contribution in [2.75, 3.05) is 20.7 Å². The molecule has 2 aliphatic rings. The normalized spacial score (nSPS) is 21.5. The number of rotatable bonds is 8. The van der Waals surface area contributed by atoms with E-state index >= 15 is 0 Å². The van der Waals surface area contributed by atoms with Gasteiger partial charge in [0.05, 0.1) is 12.7 Å². The predicted octanol–water partition coefficient (Wildman–Crippen LogP) is 4.90. The van der Waals surface area contributed by atoms with E-state index in [1.165, 1.54) is 14.2 Å². The van der Waals surface area contributed by atoms with Crippen LogP contribution >= 0.6 is 0 Å². The average molecular weight is 485 g/mol. The quantitative estimate of drug-likeness (QED) is 0.329. The largest absolute Gasteiger partial charge is 0.443 e. The number of hydroxylamine groups is 2. The number of benzene rings is 2. The molecule has 4 rings (SSSR count). The van der Waals surface area contributed by atoms with Gasteiger partial charge >= 0.3 is 6.03 Å². The first-order valence-corrected chi connectivity index (χ1v) is 11.7. The predicted molar refractivity (Wildman–Crippen MR) is 128 cm³/mol. The smallest absolute Gasteiger partial charge is 0.368 e. The van der Waals surface area contributed by atoms with Crippen molar-refractivity contribution < 1.29 is 23.1 Å². The molecular weight excluding hydrogens is 454 g/mol. The van der Waals surface area contributed by atoms with Gasteiger partial charge < -0.3 is 10.1 Å². The third kappa shape index (κ3) is 5.36. The molecule has 0 bridgehead atoms. The van der Waals surface area contributed by atoms with E-state index in [9.17, 15) is 13.6 Å². The average Bonchev–Trinajstić information content (AvgIpc) is 3.28. The van der Waals surface area contributed by atoms with Crippen molar-refractivity contribution >= 4 is 11.9 Å². The van der Waals surface area contributed by atoms with Gasteiger partial charge in [-0.1, -0.05) is 42.5 Å². The zero-order valence-corrected chi connectivity index (χ0v) is 19.9. The van der Waals surface area contributed by atoms with Gasteiger partial charge in [-0.15, -0.1) is 5.10 Å². The molecule has 1 aliphatic carbocycles. The number of carbonyl (C=O) groups is 1. The van der Waals surface area contributed by atoms with E-state index in [0.29, 0.717) is 31.0 Å². The van der Waals surface area contributed by atoms with Crippen molar-refractivity contribution in [2.24, 2.45) is 5.10 Å². The summed E-state index contributed by atoms with van der Waals surface area (Å²) in [6, 6.07) is 12.0. The van der Waals surface area contributed by atoms with Gasteiger partial charge in [-0.25, -0.2) is 18.6 Å². The van der Waals surface area contributed by atoms with Crippen LogP contribution in [0.25, 0.3) is 0 Å². The molecule has 186 valence electrons. The number of allylic oxidation sites excluding steroid dienone is 1.